The van der Waals surface area contributed by atoms with Crippen LogP contribution in [-0.4, -0.2) is 53.0 Å². The minimum Gasteiger partial charge on any atom is -0.376 e. The molecule has 4 N–H and O–H groups in total. The number of sulfonamides is 1. The number of hydrogen-bond donors (Lipinski definition) is 3. The van der Waals surface area contributed by atoms with E-state index >= 15 is 0 Å². The summed E-state index contributed by atoms with van der Waals surface area (Å²) in [6, 6.07) is 0. The molecule has 0 amide bonds. The lowest BCUT2D eigenvalue weighted by Gasteiger charge is -2.08. The molecular weight excluding hydrogens is 383 g/mol. The van der Waals surface area contributed by atoms with Gasteiger partial charge in [-0.15, -0.1) is 24.0 Å². The fraction of sp³-hybridized carbons (Fsp3) is 0.900. The van der Waals surface area contributed by atoms with Gasteiger partial charge in [0.05, 0.1) is 18.9 Å². The van der Waals surface area contributed by atoms with Gasteiger partial charge in [-0.05, 0) is 19.3 Å². The van der Waals surface area contributed by atoms with Gasteiger partial charge < -0.3 is 15.8 Å². The molecule has 1 fully saturated rings. The molecule has 9 heteroatoms. The van der Waals surface area contributed by atoms with Gasteiger partial charge in [0.2, 0.25) is 10.0 Å². The highest BCUT2D eigenvalue weighted by molar-refractivity contribution is 14.0. The molecule has 0 aromatic carbocycles. The Balaban J connectivity index is 0.00000324. The summed E-state index contributed by atoms with van der Waals surface area (Å²) in [6.07, 6.45) is 4.11. The summed E-state index contributed by atoms with van der Waals surface area (Å²) in [5.41, 5.74) is 5.66. The third kappa shape index (κ3) is 10.3. The number of nitrogens with zero attached hydrogens (tertiary/aromatic N) is 1. The number of nitrogens with one attached hydrogen (secondary N) is 2. The average Bonchev–Trinajstić information content (AvgIpc) is 2.77. The van der Waals surface area contributed by atoms with Crippen molar-refractivity contribution < 1.29 is 13.2 Å². The largest absolute Gasteiger partial charge is 0.376 e. The van der Waals surface area contributed by atoms with Gasteiger partial charge in [-0.3, -0.25) is 4.99 Å². The van der Waals surface area contributed by atoms with Crippen molar-refractivity contribution in [1.29, 1.82) is 0 Å². The minimum atomic E-state index is -3.10. The van der Waals surface area contributed by atoms with Crippen LogP contribution in [0.5, 0.6) is 0 Å². The Bertz CT molecular complexity index is 369. The van der Waals surface area contributed by atoms with Gasteiger partial charge in [-0.2, -0.15) is 0 Å². The third-order valence-corrected chi connectivity index (χ3v) is 3.24. The Hall–Kier alpha value is -0.130. The van der Waals surface area contributed by atoms with Crippen molar-refractivity contribution in [1.82, 2.24) is 10.0 Å². The summed E-state index contributed by atoms with van der Waals surface area (Å²) >= 11 is 0. The van der Waals surface area contributed by atoms with Crippen LogP contribution in [0.1, 0.15) is 19.3 Å². The van der Waals surface area contributed by atoms with E-state index in [-0.39, 0.29) is 30.1 Å². The van der Waals surface area contributed by atoms with Crippen molar-refractivity contribution in [3.05, 3.63) is 0 Å². The minimum absolute atomic E-state index is 0. The van der Waals surface area contributed by atoms with Gasteiger partial charge in [0.1, 0.15) is 0 Å². The Morgan fingerprint density at radius 2 is 2.21 bits per heavy atom. The maximum absolute atomic E-state index is 10.8. The number of aliphatic imine (C=N–C) groups is 1. The molecule has 1 saturated heterocycles. The molecule has 1 rings (SSSR count). The SMILES string of the molecule is CS(=O)(=O)NCCCNC(N)=NCC1CCCO1.I. The van der Waals surface area contributed by atoms with Gasteiger partial charge in [0.15, 0.2) is 5.96 Å². The van der Waals surface area contributed by atoms with E-state index in [4.69, 9.17) is 10.5 Å². The van der Waals surface area contributed by atoms with Crippen molar-refractivity contribution in [2.45, 2.75) is 25.4 Å². The normalized spacial score (nSPS) is 20.1. The highest BCUT2D eigenvalue weighted by Gasteiger charge is 2.14. The Morgan fingerprint density at radius 1 is 1.47 bits per heavy atom. The van der Waals surface area contributed by atoms with E-state index in [0.29, 0.717) is 32.0 Å². The lowest BCUT2D eigenvalue weighted by molar-refractivity contribution is 0.118. The first-order valence-electron chi connectivity index (χ1n) is 6.07. The summed E-state index contributed by atoms with van der Waals surface area (Å²) < 4.78 is 29.4. The van der Waals surface area contributed by atoms with Crippen LogP contribution < -0.4 is 15.8 Å². The zero-order valence-corrected chi connectivity index (χ0v) is 14.2. The standard InChI is InChI=1S/C10H22N4O3S.HI/c1-18(15,16)14-6-3-5-12-10(11)13-8-9-4-2-7-17-9;/h9,14H,2-8H2,1H3,(H3,11,12,13);1H. The summed E-state index contributed by atoms with van der Waals surface area (Å²) in [4.78, 5) is 4.17. The molecule has 0 aliphatic carbocycles. The van der Waals surface area contributed by atoms with E-state index in [2.05, 4.69) is 15.0 Å². The van der Waals surface area contributed by atoms with E-state index in [1.165, 1.54) is 0 Å². The second-order valence-corrected chi connectivity index (χ2v) is 6.14. The van der Waals surface area contributed by atoms with Crippen LogP contribution in [0.3, 0.4) is 0 Å². The molecular formula is C10H23IN4O3S. The highest BCUT2D eigenvalue weighted by atomic mass is 127. The number of hydrogen-bond acceptors (Lipinski definition) is 4. The molecule has 1 atom stereocenters. The Kier molecular flexibility index (Phi) is 9.66. The molecule has 1 heterocycles. The molecule has 1 aliphatic heterocycles. The third-order valence-electron chi connectivity index (χ3n) is 2.51. The molecule has 0 aromatic rings. The first kappa shape index (κ1) is 18.9. The van der Waals surface area contributed by atoms with E-state index in [1.807, 2.05) is 0 Å². The van der Waals surface area contributed by atoms with Crippen LogP contribution in [0.2, 0.25) is 0 Å². The zero-order valence-electron chi connectivity index (χ0n) is 11.1. The first-order chi connectivity index (χ1) is 8.47. The molecule has 0 bridgehead atoms. The molecule has 0 spiro atoms. The first-order valence-corrected chi connectivity index (χ1v) is 7.96. The number of rotatable bonds is 7. The van der Waals surface area contributed by atoms with Crippen molar-refractivity contribution >= 4 is 40.0 Å². The molecule has 1 unspecified atom stereocenters. The quantitative estimate of drug-likeness (QED) is 0.232. The molecule has 1 aliphatic rings. The Labute approximate surface area is 131 Å². The van der Waals surface area contributed by atoms with Crippen LogP contribution in [0.4, 0.5) is 0 Å². The molecule has 0 saturated carbocycles. The lowest BCUT2D eigenvalue weighted by Crippen LogP contribution is -2.35. The summed E-state index contributed by atoms with van der Waals surface area (Å²) in [5, 5.41) is 2.93. The number of nitrogens with two attached hydrogens (primary N) is 1. The molecule has 19 heavy (non-hydrogen) atoms. The van der Waals surface area contributed by atoms with E-state index < -0.39 is 10.0 Å². The topological polar surface area (TPSA) is 106 Å². The monoisotopic (exact) mass is 406 g/mol. The second-order valence-electron chi connectivity index (χ2n) is 4.31. The van der Waals surface area contributed by atoms with E-state index in [0.717, 1.165) is 25.7 Å². The Morgan fingerprint density at radius 3 is 2.79 bits per heavy atom. The van der Waals surface area contributed by atoms with E-state index in [1.54, 1.807) is 0 Å². The predicted molar refractivity (Wildman–Crippen MR) is 86.3 cm³/mol. The summed E-state index contributed by atoms with van der Waals surface area (Å²) in [5.74, 6) is 0.379. The highest BCUT2D eigenvalue weighted by Crippen LogP contribution is 2.11. The van der Waals surface area contributed by atoms with E-state index in [9.17, 15) is 8.42 Å². The van der Waals surface area contributed by atoms with Crippen molar-refractivity contribution in [2.75, 3.05) is 32.5 Å². The van der Waals surface area contributed by atoms with Crippen LogP contribution >= 0.6 is 24.0 Å². The van der Waals surface area contributed by atoms with Gasteiger partial charge in [-0.1, -0.05) is 0 Å². The molecule has 7 nitrogen and oxygen atoms in total. The predicted octanol–water partition coefficient (Wildman–Crippen LogP) is -0.373. The lowest BCUT2D eigenvalue weighted by atomic mass is 10.2. The van der Waals surface area contributed by atoms with Crippen LogP contribution in [0.25, 0.3) is 0 Å². The zero-order chi connectivity index (χ0) is 13.4. The van der Waals surface area contributed by atoms with Gasteiger partial charge >= 0.3 is 0 Å². The smallest absolute Gasteiger partial charge is 0.208 e. The van der Waals surface area contributed by atoms with Gasteiger partial charge in [0.25, 0.3) is 0 Å². The fourth-order valence-corrected chi connectivity index (χ4v) is 2.12. The van der Waals surface area contributed by atoms with Crippen molar-refractivity contribution in [2.24, 2.45) is 10.7 Å². The van der Waals surface area contributed by atoms with Crippen LogP contribution in [0, 0.1) is 0 Å². The fourth-order valence-electron chi connectivity index (χ4n) is 1.61. The van der Waals surface area contributed by atoms with Crippen LogP contribution in [-0.2, 0) is 14.8 Å². The second kappa shape index (κ2) is 9.72. The van der Waals surface area contributed by atoms with Crippen molar-refractivity contribution in [3.63, 3.8) is 0 Å². The summed E-state index contributed by atoms with van der Waals surface area (Å²) in [7, 11) is -3.10. The molecule has 114 valence electrons. The maximum atomic E-state index is 10.8. The number of guanidine groups is 1. The molecule has 0 radical (unpaired) electrons. The van der Waals surface area contributed by atoms with Gasteiger partial charge in [-0.25, -0.2) is 13.1 Å². The maximum Gasteiger partial charge on any atom is 0.208 e. The average molecular weight is 406 g/mol. The summed E-state index contributed by atoms with van der Waals surface area (Å²) in [6.45, 7) is 2.37. The van der Waals surface area contributed by atoms with Gasteiger partial charge in [0, 0.05) is 19.7 Å². The number of ether oxygens (including phenoxy) is 1. The van der Waals surface area contributed by atoms with Crippen molar-refractivity contribution in [3.8, 4) is 0 Å². The van der Waals surface area contributed by atoms with Crippen LogP contribution in [0.15, 0.2) is 4.99 Å². The number of halogens is 1. The molecule has 0 aromatic heterocycles.